The second kappa shape index (κ2) is 8.29. The van der Waals surface area contributed by atoms with Crippen LogP contribution in [0.3, 0.4) is 0 Å². The lowest BCUT2D eigenvalue weighted by Crippen LogP contribution is -2.52. The van der Waals surface area contributed by atoms with Gasteiger partial charge in [0.15, 0.2) is 0 Å². The van der Waals surface area contributed by atoms with Crippen molar-refractivity contribution in [1.29, 1.82) is 0 Å². The van der Waals surface area contributed by atoms with E-state index in [0.717, 1.165) is 24.8 Å². The summed E-state index contributed by atoms with van der Waals surface area (Å²) in [6, 6.07) is 9.11. The van der Waals surface area contributed by atoms with E-state index < -0.39 is 12.2 Å². The predicted octanol–water partition coefficient (Wildman–Crippen LogP) is 5.07. The van der Waals surface area contributed by atoms with E-state index in [0.29, 0.717) is 23.7 Å². The van der Waals surface area contributed by atoms with E-state index in [1.54, 1.807) is 0 Å². The molecule has 2 aromatic rings. The summed E-state index contributed by atoms with van der Waals surface area (Å²) in [5, 5.41) is 24.4. The Morgan fingerprint density at radius 3 is 2.71 bits per heavy atom. The highest BCUT2D eigenvalue weighted by Crippen LogP contribution is 2.62. The maximum Gasteiger partial charge on any atom is 0.103 e. The van der Waals surface area contributed by atoms with Crippen LogP contribution in [0, 0.1) is 23.2 Å². The Kier molecular flexibility index (Phi) is 5.47. The van der Waals surface area contributed by atoms with E-state index in [4.69, 9.17) is 0 Å². The van der Waals surface area contributed by atoms with Crippen molar-refractivity contribution in [3.8, 4) is 0 Å². The molecule has 2 N–H and O–H groups in total. The Morgan fingerprint density at radius 1 is 1.03 bits per heavy atom. The zero-order chi connectivity index (χ0) is 23.6. The third kappa shape index (κ3) is 3.41. The number of rotatable bonds is 2. The number of nitrogens with zero attached hydrogens (tertiary/aromatic N) is 2. The summed E-state index contributed by atoms with van der Waals surface area (Å²) < 4.78 is 0. The fraction of sp³-hybridized carbons (Fsp3) is 0.567. The van der Waals surface area contributed by atoms with Crippen molar-refractivity contribution in [2.45, 2.75) is 69.6 Å². The van der Waals surface area contributed by atoms with Gasteiger partial charge in [0.05, 0.1) is 6.10 Å². The quantitative estimate of drug-likeness (QED) is 0.660. The molecule has 0 bridgehead atoms. The minimum Gasteiger partial charge on any atom is -0.388 e. The third-order valence-electron chi connectivity index (χ3n) is 10.0. The number of pyridine rings is 1. The van der Waals surface area contributed by atoms with Crippen LogP contribution in [0.1, 0.15) is 56.9 Å². The molecule has 4 aliphatic carbocycles. The molecular weight excluding hydrogens is 420 g/mol. The third-order valence-corrected chi connectivity index (χ3v) is 10.0. The Hall–Kier alpha value is -2.01. The zero-order valence-corrected chi connectivity index (χ0v) is 20.7. The van der Waals surface area contributed by atoms with E-state index in [-0.39, 0.29) is 11.5 Å². The summed E-state index contributed by atoms with van der Waals surface area (Å²) in [5.74, 6) is 2.18. The minimum atomic E-state index is -0.748. The van der Waals surface area contributed by atoms with Crippen molar-refractivity contribution in [3.05, 3.63) is 65.5 Å². The Morgan fingerprint density at radius 2 is 1.88 bits per heavy atom. The highest BCUT2D eigenvalue weighted by atomic mass is 16.3. The molecule has 34 heavy (non-hydrogen) atoms. The first-order valence-electron chi connectivity index (χ1n) is 13.1. The van der Waals surface area contributed by atoms with Gasteiger partial charge in [-0.2, -0.15) is 0 Å². The van der Waals surface area contributed by atoms with Crippen LogP contribution >= 0.6 is 0 Å². The Bertz CT molecular complexity index is 1150. The van der Waals surface area contributed by atoms with Crippen LogP contribution < -0.4 is 0 Å². The van der Waals surface area contributed by atoms with Crippen LogP contribution in [-0.2, 0) is 0 Å². The largest absolute Gasteiger partial charge is 0.388 e. The van der Waals surface area contributed by atoms with E-state index in [9.17, 15) is 10.2 Å². The molecule has 1 aromatic carbocycles. The van der Waals surface area contributed by atoms with Crippen LogP contribution in [-0.4, -0.2) is 52.4 Å². The number of hydrogen-bond acceptors (Lipinski definition) is 4. The van der Waals surface area contributed by atoms with Crippen molar-refractivity contribution < 1.29 is 10.2 Å². The van der Waals surface area contributed by atoms with Crippen LogP contribution in [0.2, 0.25) is 0 Å². The van der Waals surface area contributed by atoms with Crippen molar-refractivity contribution >= 4 is 10.8 Å². The molecule has 8 unspecified atom stereocenters. The average molecular weight is 459 g/mol. The van der Waals surface area contributed by atoms with Gasteiger partial charge >= 0.3 is 0 Å². The molecule has 0 amide bonds. The molecule has 8 atom stereocenters. The number of fused-ring (bicyclic) bond motifs is 5. The fourth-order valence-corrected chi connectivity index (χ4v) is 8.13. The summed E-state index contributed by atoms with van der Waals surface area (Å²) in [4.78, 5) is 6.43. The lowest BCUT2D eigenvalue weighted by atomic mass is 9.60. The van der Waals surface area contributed by atoms with E-state index in [1.807, 2.05) is 26.5 Å². The summed E-state index contributed by atoms with van der Waals surface area (Å²) in [7, 11) is 4.03. The maximum atomic E-state index is 11.0. The van der Waals surface area contributed by atoms with Crippen LogP contribution in [0.15, 0.2) is 60.0 Å². The lowest BCUT2D eigenvalue weighted by Gasteiger charge is -2.44. The standard InChI is InChI=1S/C30H38N2O2/c1-30-12-10-20-15-24-19(16-27(32(2)3)29(34)28(24)33)6-7-23(20)26(30)9-8-25(30)21-5-4-18-11-13-31-17-22(18)14-21/h4-5,10-11,13-15,17,19,23,25-29,33-34H,6-9,12,16H2,1-3H3. The van der Waals surface area contributed by atoms with E-state index in [2.05, 4.69) is 53.2 Å². The summed E-state index contributed by atoms with van der Waals surface area (Å²) in [6.45, 7) is 2.53. The molecule has 4 aliphatic rings. The Labute approximate surface area is 203 Å². The van der Waals surface area contributed by atoms with Crippen LogP contribution in [0.5, 0.6) is 0 Å². The Balaban J connectivity index is 1.31. The van der Waals surface area contributed by atoms with Gasteiger partial charge in [0.1, 0.15) is 6.10 Å². The number of benzene rings is 1. The average Bonchev–Trinajstić information content (AvgIpc) is 3.07. The number of likely N-dealkylation sites (N-methyl/N-ethyl adjacent to an activating group) is 1. The first-order chi connectivity index (χ1) is 16.4. The molecular formula is C30H38N2O2. The number of aliphatic hydroxyl groups excluding tert-OH is 2. The number of hydrogen-bond donors (Lipinski definition) is 2. The molecule has 180 valence electrons. The highest BCUT2D eigenvalue weighted by molar-refractivity contribution is 5.82. The summed E-state index contributed by atoms with van der Waals surface area (Å²) in [6.07, 6.45) is 14.0. The number of aliphatic hydroxyl groups is 2. The van der Waals surface area contributed by atoms with Gasteiger partial charge in [-0.3, -0.25) is 4.98 Å². The molecule has 4 heteroatoms. The number of allylic oxidation sites excluding steroid dienone is 3. The van der Waals surface area contributed by atoms with Crippen molar-refractivity contribution in [3.63, 3.8) is 0 Å². The molecule has 0 aliphatic heterocycles. The number of aromatic nitrogens is 1. The van der Waals surface area contributed by atoms with Gasteiger partial charge in [-0.05, 0) is 116 Å². The van der Waals surface area contributed by atoms with Crippen LogP contribution in [0.4, 0.5) is 0 Å². The second-order valence-corrected chi connectivity index (χ2v) is 11.9. The van der Waals surface area contributed by atoms with Gasteiger partial charge in [-0.15, -0.1) is 0 Å². The first kappa shape index (κ1) is 22.5. The van der Waals surface area contributed by atoms with E-state index in [1.165, 1.54) is 41.2 Å². The van der Waals surface area contributed by atoms with Gasteiger partial charge in [-0.1, -0.05) is 31.2 Å². The molecule has 1 aromatic heterocycles. The highest BCUT2D eigenvalue weighted by Gasteiger charge is 2.52. The summed E-state index contributed by atoms with van der Waals surface area (Å²) in [5.41, 5.74) is 4.25. The fourth-order valence-electron chi connectivity index (χ4n) is 8.13. The van der Waals surface area contributed by atoms with Gasteiger partial charge in [0.2, 0.25) is 0 Å². The topological polar surface area (TPSA) is 56.6 Å². The molecule has 0 saturated heterocycles. The first-order valence-corrected chi connectivity index (χ1v) is 13.1. The van der Waals surface area contributed by atoms with Crippen molar-refractivity contribution in [2.75, 3.05) is 14.1 Å². The molecule has 4 nitrogen and oxygen atoms in total. The molecule has 2 fully saturated rings. The van der Waals surface area contributed by atoms with Gasteiger partial charge < -0.3 is 15.1 Å². The minimum absolute atomic E-state index is 0.0229. The van der Waals surface area contributed by atoms with Crippen molar-refractivity contribution in [2.24, 2.45) is 23.2 Å². The van der Waals surface area contributed by atoms with Crippen LogP contribution in [0.25, 0.3) is 10.8 Å². The van der Waals surface area contributed by atoms with E-state index >= 15 is 0 Å². The lowest BCUT2D eigenvalue weighted by molar-refractivity contribution is -0.0405. The maximum absolute atomic E-state index is 11.0. The van der Waals surface area contributed by atoms with Gasteiger partial charge in [-0.25, -0.2) is 0 Å². The molecule has 0 spiro atoms. The molecule has 2 saturated carbocycles. The normalized spacial score (nSPS) is 39.6. The second-order valence-electron chi connectivity index (χ2n) is 11.9. The zero-order valence-electron chi connectivity index (χ0n) is 20.7. The SMILES string of the molecule is CN(C)C1CC2CCC3C(=CCC4(C)C(c5ccc6ccncc6c5)CCC34)C=C2C(O)C1O. The van der Waals surface area contributed by atoms with Crippen molar-refractivity contribution in [1.82, 2.24) is 9.88 Å². The smallest absolute Gasteiger partial charge is 0.103 e. The van der Waals surface area contributed by atoms with Gasteiger partial charge in [0, 0.05) is 23.8 Å². The molecule has 1 heterocycles. The van der Waals surface area contributed by atoms with Gasteiger partial charge in [0.25, 0.3) is 0 Å². The molecule has 6 rings (SSSR count). The predicted molar refractivity (Wildman–Crippen MR) is 136 cm³/mol. The summed E-state index contributed by atoms with van der Waals surface area (Å²) >= 11 is 0. The molecule has 0 radical (unpaired) electrons. The monoisotopic (exact) mass is 458 g/mol.